The van der Waals surface area contributed by atoms with Crippen LogP contribution in [0.5, 0.6) is 0 Å². The first-order valence-electron chi connectivity index (χ1n) is 10.1. The Morgan fingerprint density at radius 2 is 1.97 bits per heavy atom. The van der Waals surface area contributed by atoms with E-state index in [1.807, 2.05) is 11.0 Å². The van der Waals surface area contributed by atoms with E-state index >= 15 is 0 Å². The fraction of sp³-hybridized carbons (Fsp3) is 0.524. The van der Waals surface area contributed by atoms with E-state index in [1.54, 1.807) is 22.1 Å². The van der Waals surface area contributed by atoms with Crippen LogP contribution in [0.1, 0.15) is 45.2 Å². The molecule has 2 atom stereocenters. The fourth-order valence-corrected chi connectivity index (χ4v) is 6.45. The molecule has 1 N–H and O–H groups in total. The Balaban J connectivity index is 1.58. The van der Waals surface area contributed by atoms with Crippen molar-refractivity contribution < 1.29 is 13.2 Å². The molecular weight excluding hydrogens is 422 g/mol. The number of aromatic nitrogens is 1. The minimum Gasteiger partial charge on any atom is -0.342 e. The number of thiophene rings is 1. The third-order valence-electron chi connectivity index (χ3n) is 5.64. The number of rotatable bonds is 4. The molecule has 2 bridgehead atoms. The molecule has 0 aromatic carbocycles. The lowest BCUT2D eigenvalue weighted by atomic mass is 9.82. The molecule has 1 amide bonds. The number of anilines is 1. The zero-order chi connectivity index (χ0) is 21.7. The van der Waals surface area contributed by atoms with Gasteiger partial charge in [-0.2, -0.15) is 0 Å². The first-order valence-corrected chi connectivity index (χ1v) is 12.5. The summed E-state index contributed by atoms with van der Waals surface area (Å²) in [7, 11) is -3.77. The molecule has 0 radical (unpaired) electrons. The topological polar surface area (TPSA) is 88.5 Å². The molecule has 162 valence electrons. The standard InChI is InChI=1S/C21H27N3O4S2/c1-21(2,3)10-18(25)23-11-14-9-15(13-23)17-7-6-16(20(26)24(17)12-14)22-30(27,28)19-5-4-8-29-19/h4-8,14-15,22H,9-13H2,1-3H3/t14-,15-/m1/s1. The lowest BCUT2D eigenvalue weighted by molar-refractivity contribution is -0.135. The number of carbonyl (C=O) groups is 1. The number of carbonyl (C=O) groups excluding carboxylic acids is 1. The van der Waals surface area contributed by atoms with Crippen LogP contribution in [0.3, 0.4) is 0 Å². The maximum atomic E-state index is 13.1. The molecule has 0 aliphatic carbocycles. The number of pyridine rings is 1. The Morgan fingerprint density at radius 1 is 1.20 bits per heavy atom. The van der Waals surface area contributed by atoms with E-state index < -0.39 is 10.0 Å². The molecule has 9 heteroatoms. The number of nitrogens with one attached hydrogen (secondary N) is 1. The van der Waals surface area contributed by atoms with Gasteiger partial charge in [0.15, 0.2) is 0 Å². The Labute approximate surface area is 180 Å². The number of likely N-dealkylation sites (tertiary alicyclic amines) is 1. The predicted molar refractivity (Wildman–Crippen MR) is 117 cm³/mol. The number of piperidine rings is 1. The maximum Gasteiger partial charge on any atom is 0.275 e. The van der Waals surface area contributed by atoms with Gasteiger partial charge in [-0.25, -0.2) is 8.42 Å². The molecule has 7 nitrogen and oxygen atoms in total. The van der Waals surface area contributed by atoms with Crippen molar-refractivity contribution in [3.8, 4) is 0 Å². The number of hydrogen-bond acceptors (Lipinski definition) is 5. The van der Waals surface area contributed by atoms with Gasteiger partial charge in [-0.05, 0) is 41.3 Å². The minimum absolute atomic E-state index is 0.0624. The van der Waals surface area contributed by atoms with Crippen LogP contribution in [0.4, 0.5) is 5.69 Å². The highest BCUT2D eigenvalue weighted by atomic mass is 32.2. The van der Waals surface area contributed by atoms with E-state index in [2.05, 4.69) is 25.5 Å². The second-order valence-electron chi connectivity index (χ2n) is 9.46. The molecule has 0 unspecified atom stereocenters. The van der Waals surface area contributed by atoms with E-state index in [0.717, 1.165) is 23.5 Å². The molecule has 4 rings (SSSR count). The highest BCUT2D eigenvalue weighted by molar-refractivity contribution is 7.94. The van der Waals surface area contributed by atoms with E-state index in [4.69, 9.17) is 0 Å². The van der Waals surface area contributed by atoms with Gasteiger partial charge in [0, 0.05) is 37.7 Å². The summed E-state index contributed by atoms with van der Waals surface area (Å²) in [6, 6.07) is 6.55. The highest BCUT2D eigenvalue weighted by Crippen LogP contribution is 2.36. The monoisotopic (exact) mass is 449 g/mol. The molecule has 1 saturated heterocycles. The van der Waals surface area contributed by atoms with Crippen molar-refractivity contribution in [2.45, 2.75) is 50.3 Å². The van der Waals surface area contributed by atoms with Gasteiger partial charge in [0.1, 0.15) is 9.90 Å². The Morgan fingerprint density at radius 3 is 2.63 bits per heavy atom. The second kappa shape index (κ2) is 7.53. The van der Waals surface area contributed by atoms with Crippen LogP contribution in [0.2, 0.25) is 0 Å². The van der Waals surface area contributed by atoms with E-state index in [0.29, 0.717) is 26.1 Å². The molecule has 1 fully saturated rings. The summed E-state index contributed by atoms with van der Waals surface area (Å²) in [6.45, 7) is 7.92. The van der Waals surface area contributed by atoms with Crippen molar-refractivity contribution in [2.24, 2.45) is 11.3 Å². The van der Waals surface area contributed by atoms with Gasteiger partial charge in [0.05, 0.1) is 0 Å². The number of hydrogen-bond donors (Lipinski definition) is 1. The van der Waals surface area contributed by atoms with E-state index in [-0.39, 0.29) is 38.6 Å². The Hall–Kier alpha value is -2.13. The number of fused-ring (bicyclic) bond motifs is 4. The number of nitrogens with zero attached hydrogens (tertiary/aromatic N) is 2. The van der Waals surface area contributed by atoms with Crippen molar-refractivity contribution in [1.29, 1.82) is 0 Å². The van der Waals surface area contributed by atoms with E-state index in [1.165, 1.54) is 6.07 Å². The Kier molecular flexibility index (Phi) is 5.30. The summed E-state index contributed by atoms with van der Waals surface area (Å²) >= 11 is 1.11. The van der Waals surface area contributed by atoms with Crippen LogP contribution >= 0.6 is 11.3 Å². The molecule has 2 aliphatic rings. The number of amides is 1. The van der Waals surface area contributed by atoms with Crippen LogP contribution in [-0.4, -0.2) is 36.9 Å². The van der Waals surface area contributed by atoms with Crippen LogP contribution in [0.15, 0.2) is 38.6 Å². The molecule has 4 heterocycles. The third-order valence-corrected chi connectivity index (χ3v) is 8.41. The minimum atomic E-state index is -3.77. The summed E-state index contributed by atoms with van der Waals surface area (Å²) in [6.07, 6.45) is 1.45. The molecule has 0 spiro atoms. The first kappa shape index (κ1) is 21.1. The van der Waals surface area contributed by atoms with Crippen LogP contribution in [0, 0.1) is 11.3 Å². The zero-order valence-corrected chi connectivity index (χ0v) is 19.1. The lowest BCUT2D eigenvalue weighted by Gasteiger charge is -2.43. The zero-order valence-electron chi connectivity index (χ0n) is 17.4. The molecule has 0 saturated carbocycles. The van der Waals surface area contributed by atoms with Crippen LogP contribution in [0.25, 0.3) is 0 Å². The SMILES string of the molecule is CC(C)(C)CC(=O)N1C[C@H]2C[C@H](C1)c1ccc(NS(=O)(=O)c3cccs3)c(=O)n1C2. The largest absolute Gasteiger partial charge is 0.342 e. The number of sulfonamides is 1. The lowest BCUT2D eigenvalue weighted by Crippen LogP contribution is -2.49. The summed E-state index contributed by atoms with van der Waals surface area (Å²) in [5, 5.41) is 1.68. The van der Waals surface area contributed by atoms with E-state index in [9.17, 15) is 18.0 Å². The average Bonchev–Trinajstić information content (AvgIpc) is 3.18. The van der Waals surface area contributed by atoms with Crippen molar-refractivity contribution in [2.75, 3.05) is 17.8 Å². The quantitative estimate of drug-likeness (QED) is 0.777. The average molecular weight is 450 g/mol. The fourth-order valence-electron chi connectivity index (χ4n) is 4.40. The molecule has 2 aromatic rings. The van der Waals surface area contributed by atoms with Crippen LogP contribution in [-0.2, 0) is 21.4 Å². The van der Waals surface area contributed by atoms with Crippen molar-refractivity contribution >= 4 is 33.0 Å². The summed E-state index contributed by atoms with van der Waals surface area (Å²) in [5.41, 5.74) is 0.556. The van der Waals surface area contributed by atoms with Gasteiger partial charge in [-0.1, -0.05) is 26.8 Å². The predicted octanol–water partition coefficient (Wildman–Crippen LogP) is 3.09. The molecule has 2 aromatic heterocycles. The second-order valence-corrected chi connectivity index (χ2v) is 12.3. The van der Waals surface area contributed by atoms with Gasteiger partial charge >= 0.3 is 0 Å². The van der Waals surface area contributed by atoms with Gasteiger partial charge in [0.2, 0.25) is 5.91 Å². The highest BCUT2D eigenvalue weighted by Gasteiger charge is 2.37. The van der Waals surface area contributed by atoms with Crippen LogP contribution < -0.4 is 10.3 Å². The van der Waals surface area contributed by atoms with Gasteiger partial charge in [-0.3, -0.25) is 14.3 Å². The van der Waals surface area contributed by atoms with Gasteiger partial charge < -0.3 is 9.47 Å². The molecule has 30 heavy (non-hydrogen) atoms. The van der Waals surface area contributed by atoms with Gasteiger partial charge in [0.25, 0.3) is 15.6 Å². The summed E-state index contributed by atoms with van der Waals surface area (Å²) in [4.78, 5) is 27.7. The normalized spacial score (nSPS) is 21.2. The molecular formula is C21H27N3O4S2. The summed E-state index contributed by atoms with van der Waals surface area (Å²) in [5.74, 6) is 0.451. The molecule has 2 aliphatic heterocycles. The maximum absolute atomic E-state index is 13.1. The Bertz CT molecular complexity index is 1110. The van der Waals surface area contributed by atoms with Crippen molar-refractivity contribution in [3.63, 3.8) is 0 Å². The smallest absolute Gasteiger partial charge is 0.275 e. The summed E-state index contributed by atoms with van der Waals surface area (Å²) < 4.78 is 29.3. The van der Waals surface area contributed by atoms with Gasteiger partial charge in [-0.15, -0.1) is 11.3 Å². The first-order chi connectivity index (χ1) is 14.0. The van der Waals surface area contributed by atoms with Crippen molar-refractivity contribution in [1.82, 2.24) is 9.47 Å². The third kappa shape index (κ3) is 4.18. The van der Waals surface area contributed by atoms with Crippen molar-refractivity contribution in [3.05, 3.63) is 45.7 Å².